The van der Waals surface area contributed by atoms with Gasteiger partial charge in [0.05, 0.1) is 23.9 Å². The van der Waals surface area contributed by atoms with E-state index >= 15 is 0 Å². The van der Waals surface area contributed by atoms with Crippen molar-refractivity contribution in [2.24, 2.45) is 0 Å². The molecule has 0 saturated carbocycles. The van der Waals surface area contributed by atoms with Crippen molar-refractivity contribution in [1.82, 2.24) is 14.8 Å². The molecule has 0 amide bonds. The van der Waals surface area contributed by atoms with Crippen LogP contribution in [-0.2, 0) is 0 Å². The van der Waals surface area contributed by atoms with Gasteiger partial charge in [0.2, 0.25) is 5.95 Å². The van der Waals surface area contributed by atoms with Crippen LogP contribution in [0.1, 0.15) is 12.5 Å². The van der Waals surface area contributed by atoms with Gasteiger partial charge in [-0.25, -0.2) is 0 Å². The van der Waals surface area contributed by atoms with Gasteiger partial charge in [0.25, 0.3) is 0 Å². The molecule has 0 radical (unpaired) electrons. The molecule has 0 aliphatic heterocycles. The lowest BCUT2D eigenvalue weighted by atomic mass is 10.2. The highest BCUT2D eigenvalue weighted by molar-refractivity contribution is 5.42. The highest BCUT2D eigenvalue weighted by atomic mass is 16.5. The van der Waals surface area contributed by atoms with Crippen LogP contribution >= 0.6 is 0 Å². The Balaban J connectivity index is 2.35. The molecule has 2 aromatic rings. The van der Waals surface area contributed by atoms with Crippen LogP contribution in [-0.4, -0.2) is 21.4 Å². The molecule has 0 spiro atoms. The number of rotatable bonds is 3. The zero-order chi connectivity index (χ0) is 12.3. The van der Waals surface area contributed by atoms with Gasteiger partial charge >= 0.3 is 6.01 Å². The van der Waals surface area contributed by atoms with E-state index in [0.717, 1.165) is 5.69 Å². The zero-order valence-electron chi connectivity index (χ0n) is 9.29. The normalized spacial score (nSPS) is 9.88. The maximum absolute atomic E-state index is 8.70. The number of anilines is 1. The molecule has 2 N–H and O–H groups in total. The fourth-order valence-electron chi connectivity index (χ4n) is 1.36. The van der Waals surface area contributed by atoms with Crippen LogP contribution in [0, 0.1) is 11.3 Å². The summed E-state index contributed by atoms with van der Waals surface area (Å²) < 4.78 is 6.62. The van der Waals surface area contributed by atoms with E-state index in [1.807, 2.05) is 13.0 Å². The molecule has 86 valence electrons. The molecule has 0 aliphatic rings. The molecule has 0 aliphatic carbocycles. The maximum atomic E-state index is 8.70. The first-order chi connectivity index (χ1) is 8.24. The first kappa shape index (κ1) is 11.0. The van der Waals surface area contributed by atoms with Gasteiger partial charge in [0, 0.05) is 0 Å². The van der Waals surface area contributed by atoms with Crippen LogP contribution in [0.4, 0.5) is 5.95 Å². The second-order valence-corrected chi connectivity index (χ2v) is 3.26. The Bertz CT molecular complexity index is 552. The third-order valence-corrected chi connectivity index (χ3v) is 2.13. The molecule has 17 heavy (non-hydrogen) atoms. The molecule has 2 rings (SSSR count). The predicted molar refractivity (Wildman–Crippen MR) is 61.7 cm³/mol. The second-order valence-electron chi connectivity index (χ2n) is 3.26. The van der Waals surface area contributed by atoms with E-state index in [9.17, 15) is 0 Å². The van der Waals surface area contributed by atoms with Crippen molar-refractivity contribution < 1.29 is 4.74 Å². The molecule has 0 atom stereocenters. The first-order valence-corrected chi connectivity index (χ1v) is 5.10. The Kier molecular flexibility index (Phi) is 2.92. The van der Waals surface area contributed by atoms with Gasteiger partial charge in [-0.15, -0.1) is 5.10 Å². The molecule has 1 aromatic carbocycles. The van der Waals surface area contributed by atoms with E-state index in [4.69, 9.17) is 15.7 Å². The van der Waals surface area contributed by atoms with Gasteiger partial charge in [-0.05, 0) is 31.2 Å². The van der Waals surface area contributed by atoms with Gasteiger partial charge in [-0.3, -0.25) is 0 Å². The zero-order valence-corrected chi connectivity index (χ0v) is 9.29. The van der Waals surface area contributed by atoms with Crippen LogP contribution in [0.3, 0.4) is 0 Å². The minimum Gasteiger partial charge on any atom is -0.463 e. The van der Waals surface area contributed by atoms with Gasteiger partial charge in [-0.2, -0.15) is 14.9 Å². The SMILES string of the molecule is CCOc1nc(N)n(-c2ccc(C#N)cc2)n1. The number of hydrogen-bond donors (Lipinski definition) is 1. The Morgan fingerprint density at radius 1 is 1.41 bits per heavy atom. The Morgan fingerprint density at radius 3 is 2.71 bits per heavy atom. The number of ether oxygens (including phenoxy) is 1. The molecular formula is C11H11N5O. The molecule has 6 heteroatoms. The number of aromatic nitrogens is 3. The van der Waals surface area contributed by atoms with Crippen LogP contribution in [0.25, 0.3) is 5.69 Å². The monoisotopic (exact) mass is 229 g/mol. The summed E-state index contributed by atoms with van der Waals surface area (Å²) >= 11 is 0. The lowest BCUT2D eigenvalue weighted by Crippen LogP contribution is -2.02. The number of hydrogen-bond acceptors (Lipinski definition) is 5. The molecule has 0 bridgehead atoms. The number of nitrogens with two attached hydrogens (primary N) is 1. The number of nitriles is 1. The minimum absolute atomic E-state index is 0.245. The molecule has 0 fully saturated rings. The summed E-state index contributed by atoms with van der Waals surface area (Å²) in [5.41, 5.74) is 7.04. The van der Waals surface area contributed by atoms with Crippen molar-refractivity contribution in [3.8, 4) is 17.8 Å². The minimum atomic E-state index is 0.245. The van der Waals surface area contributed by atoms with E-state index in [1.54, 1.807) is 24.3 Å². The summed E-state index contributed by atoms with van der Waals surface area (Å²) in [4.78, 5) is 3.96. The molecule has 6 nitrogen and oxygen atoms in total. The van der Waals surface area contributed by atoms with Crippen molar-refractivity contribution in [3.05, 3.63) is 29.8 Å². The molecule has 0 unspecified atom stereocenters. The third-order valence-electron chi connectivity index (χ3n) is 2.13. The number of nitrogens with zero attached hydrogens (tertiary/aromatic N) is 4. The predicted octanol–water partition coefficient (Wildman–Crippen LogP) is 1.12. The average Bonchev–Trinajstić information content (AvgIpc) is 2.71. The fraction of sp³-hybridized carbons (Fsp3) is 0.182. The molecule has 1 heterocycles. The third kappa shape index (κ3) is 2.18. The highest BCUT2D eigenvalue weighted by Crippen LogP contribution is 2.15. The quantitative estimate of drug-likeness (QED) is 0.851. The topological polar surface area (TPSA) is 89.8 Å². The van der Waals surface area contributed by atoms with E-state index in [-0.39, 0.29) is 12.0 Å². The number of benzene rings is 1. The molecule has 0 saturated heterocycles. The summed E-state index contributed by atoms with van der Waals surface area (Å²) in [6, 6.07) is 9.17. The largest absolute Gasteiger partial charge is 0.463 e. The Morgan fingerprint density at radius 2 is 2.12 bits per heavy atom. The summed E-state index contributed by atoms with van der Waals surface area (Å²) in [7, 11) is 0. The molecule has 1 aromatic heterocycles. The summed E-state index contributed by atoms with van der Waals surface area (Å²) in [6.07, 6.45) is 0. The van der Waals surface area contributed by atoms with E-state index in [1.165, 1.54) is 4.68 Å². The smallest absolute Gasteiger partial charge is 0.337 e. The second kappa shape index (κ2) is 4.53. The highest BCUT2D eigenvalue weighted by Gasteiger charge is 2.09. The molecular weight excluding hydrogens is 218 g/mol. The van der Waals surface area contributed by atoms with Gasteiger partial charge < -0.3 is 10.5 Å². The maximum Gasteiger partial charge on any atom is 0.337 e. The van der Waals surface area contributed by atoms with Crippen LogP contribution in [0.15, 0.2) is 24.3 Å². The van der Waals surface area contributed by atoms with Crippen molar-refractivity contribution in [3.63, 3.8) is 0 Å². The van der Waals surface area contributed by atoms with E-state index < -0.39 is 0 Å². The standard InChI is InChI=1S/C11H11N5O/c1-2-17-11-14-10(13)16(15-11)9-5-3-8(7-12)4-6-9/h3-6H,2H2,1H3,(H2,13,14,15). The summed E-state index contributed by atoms with van der Waals surface area (Å²) in [5, 5.41) is 12.8. The van der Waals surface area contributed by atoms with Crippen molar-refractivity contribution in [2.45, 2.75) is 6.92 Å². The van der Waals surface area contributed by atoms with Crippen LogP contribution in [0.5, 0.6) is 6.01 Å². The summed E-state index contributed by atoms with van der Waals surface area (Å²) in [5.74, 6) is 0.248. The van der Waals surface area contributed by atoms with Crippen LogP contribution < -0.4 is 10.5 Å². The summed E-state index contributed by atoms with van der Waals surface area (Å²) in [6.45, 7) is 2.33. The Labute approximate surface area is 98.3 Å². The number of nitrogen functional groups attached to an aromatic ring is 1. The van der Waals surface area contributed by atoms with Crippen molar-refractivity contribution >= 4 is 5.95 Å². The van der Waals surface area contributed by atoms with Crippen molar-refractivity contribution in [2.75, 3.05) is 12.3 Å². The average molecular weight is 229 g/mol. The van der Waals surface area contributed by atoms with E-state index in [2.05, 4.69) is 10.1 Å². The van der Waals surface area contributed by atoms with Gasteiger partial charge in [-0.1, -0.05) is 0 Å². The Hall–Kier alpha value is -2.55. The first-order valence-electron chi connectivity index (χ1n) is 5.10. The van der Waals surface area contributed by atoms with Crippen molar-refractivity contribution in [1.29, 1.82) is 5.26 Å². The van der Waals surface area contributed by atoms with E-state index in [0.29, 0.717) is 12.2 Å². The van der Waals surface area contributed by atoms with Gasteiger partial charge in [0.15, 0.2) is 0 Å². The van der Waals surface area contributed by atoms with Gasteiger partial charge in [0.1, 0.15) is 0 Å². The lowest BCUT2D eigenvalue weighted by molar-refractivity contribution is 0.312. The fourth-order valence-corrected chi connectivity index (χ4v) is 1.36. The lowest BCUT2D eigenvalue weighted by Gasteiger charge is -2.01. The van der Waals surface area contributed by atoms with Crippen LogP contribution in [0.2, 0.25) is 0 Å².